The van der Waals surface area contributed by atoms with Crippen molar-refractivity contribution in [1.29, 1.82) is 52.6 Å². The minimum atomic E-state index is -1.11. The first-order valence-corrected chi connectivity index (χ1v) is 19.7. The fraction of sp³-hybridized carbons (Fsp3) is 0. The second-order valence-corrected chi connectivity index (χ2v) is 14.8. The summed E-state index contributed by atoms with van der Waals surface area (Å²) in [4.78, 5) is 8.13. The van der Waals surface area contributed by atoms with Gasteiger partial charge in [-0.3, -0.25) is 0 Å². The van der Waals surface area contributed by atoms with Gasteiger partial charge in [0.05, 0.1) is 93.1 Å². The van der Waals surface area contributed by atoms with Gasteiger partial charge in [-0.25, -0.2) is 18.7 Å². The quantitative estimate of drug-likeness (QED) is 0.151. The van der Waals surface area contributed by atoms with Gasteiger partial charge in [0.15, 0.2) is 0 Å². The van der Waals surface area contributed by atoms with Crippen molar-refractivity contribution in [2.24, 2.45) is 0 Å². The molecule has 0 radical (unpaired) electrons. The van der Waals surface area contributed by atoms with E-state index < -0.39 is 22.8 Å². The summed E-state index contributed by atoms with van der Waals surface area (Å²) in [6.45, 7) is 0. The van der Waals surface area contributed by atoms with E-state index >= 15 is 8.78 Å². The zero-order chi connectivity index (χ0) is 48.2. The topological polar surface area (TPSA) is 264 Å². The average Bonchev–Trinajstić information content (AvgIpc) is 3.85. The van der Waals surface area contributed by atoms with Gasteiger partial charge in [-0.1, -0.05) is 0 Å². The Balaban J connectivity index is 1.72. The molecule has 12 nitrogen and oxygen atoms in total. The number of nitrogens with zero attached hydrogens (tertiary/aromatic N) is 12. The molecule has 4 aromatic carbocycles. The number of nitriles is 10. The Morgan fingerprint density at radius 3 is 0.794 bits per heavy atom. The normalized spacial score (nSPS) is 12.2. The number of aromatic nitrogens is 2. The van der Waals surface area contributed by atoms with Crippen LogP contribution < -0.4 is 0 Å². The molecular formula is C54H18F2N12. The molecule has 0 bridgehead atoms. The highest BCUT2D eigenvalue weighted by Crippen LogP contribution is 2.61. The van der Waals surface area contributed by atoms with Crippen LogP contribution in [0.1, 0.15) is 89.3 Å². The SMILES string of the molecule is N#Cc1cc(C#N)cc(C(=C2C3=C(C(F)=C2c2ccnc(C#N)c2)C(=C(c2cc(C#N)cc(C#N)c2)c2cc(C#N)cc(C#N)c2)C(c2ccnc(C#N)c2)=C3F)c2cc(C#N)cc(C#N)c2)c1. The van der Waals surface area contributed by atoms with Crippen LogP contribution in [0.15, 0.2) is 143 Å². The summed E-state index contributed by atoms with van der Waals surface area (Å²) in [7, 11) is 0. The van der Waals surface area contributed by atoms with Gasteiger partial charge in [0.25, 0.3) is 0 Å². The fourth-order valence-electron chi connectivity index (χ4n) is 8.26. The molecule has 2 aliphatic rings. The third-order valence-electron chi connectivity index (χ3n) is 10.9. The van der Waals surface area contributed by atoms with E-state index in [0.717, 1.165) is 0 Å². The van der Waals surface area contributed by atoms with Gasteiger partial charge >= 0.3 is 0 Å². The molecule has 2 aliphatic carbocycles. The lowest BCUT2D eigenvalue weighted by Crippen LogP contribution is -2.04. The van der Waals surface area contributed by atoms with Crippen LogP contribution in [-0.2, 0) is 0 Å². The summed E-state index contributed by atoms with van der Waals surface area (Å²) in [6.07, 6.45) is 2.47. The van der Waals surface area contributed by atoms with E-state index in [4.69, 9.17) is 0 Å². The molecular weight excluding hydrogens is 855 g/mol. The maximum atomic E-state index is 18.9. The highest BCUT2D eigenvalue weighted by atomic mass is 19.1. The lowest BCUT2D eigenvalue weighted by atomic mass is 9.82. The number of halogens is 2. The molecule has 14 heteroatoms. The molecule has 0 saturated carbocycles. The monoisotopic (exact) mass is 872 g/mol. The molecule has 0 amide bonds. The Kier molecular flexibility index (Phi) is 11.3. The van der Waals surface area contributed by atoms with Crippen molar-refractivity contribution in [3.63, 3.8) is 0 Å². The maximum absolute atomic E-state index is 18.9. The Hall–Kier alpha value is -11.4. The molecule has 2 aromatic heterocycles. The van der Waals surface area contributed by atoms with Crippen LogP contribution in [0.4, 0.5) is 8.78 Å². The van der Waals surface area contributed by atoms with E-state index in [9.17, 15) is 52.6 Å². The third-order valence-corrected chi connectivity index (χ3v) is 10.9. The Morgan fingerprint density at radius 1 is 0.324 bits per heavy atom. The zero-order valence-corrected chi connectivity index (χ0v) is 34.5. The molecule has 0 aliphatic heterocycles. The first-order valence-electron chi connectivity index (χ1n) is 19.7. The van der Waals surface area contributed by atoms with Gasteiger partial charge in [-0.05, 0) is 142 Å². The predicted molar refractivity (Wildman–Crippen MR) is 237 cm³/mol. The average molecular weight is 873 g/mol. The molecule has 0 N–H and O–H groups in total. The van der Waals surface area contributed by atoms with Gasteiger partial charge in [0, 0.05) is 45.8 Å². The summed E-state index contributed by atoms with van der Waals surface area (Å²) in [5.41, 5.74) is -2.64. The largest absolute Gasteiger partial charge is 0.246 e. The van der Waals surface area contributed by atoms with E-state index in [0.29, 0.717) is 0 Å². The number of rotatable bonds is 6. The van der Waals surface area contributed by atoms with Crippen LogP contribution in [0.5, 0.6) is 0 Å². The number of pyridine rings is 2. The van der Waals surface area contributed by atoms with E-state index in [2.05, 4.69) is 9.97 Å². The van der Waals surface area contributed by atoms with Crippen molar-refractivity contribution in [3.8, 4) is 60.7 Å². The molecule has 6 aromatic rings. The summed E-state index contributed by atoms with van der Waals surface area (Å²) in [5, 5.41) is 102. The number of hydrogen-bond acceptors (Lipinski definition) is 12. The molecule has 308 valence electrons. The Morgan fingerprint density at radius 2 is 0.574 bits per heavy atom. The fourth-order valence-corrected chi connectivity index (χ4v) is 8.26. The highest BCUT2D eigenvalue weighted by Gasteiger charge is 2.45. The van der Waals surface area contributed by atoms with Crippen molar-refractivity contribution in [1.82, 2.24) is 9.97 Å². The minimum Gasteiger partial charge on any atom is -0.246 e. The first-order chi connectivity index (χ1) is 33.0. The summed E-state index contributed by atoms with van der Waals surface area (Å²) < 4.78 is 37.8. The number of hydrogen-bond donors (Lipinski definition) is 0. The number of benzene rings is 4. The molecule has 68 heavy (non-hydrogen) atoms. The van der Waals surface area contributed by atoms with Gasteiger partial charge in [-0.15, -0.1) is 0 Å². The second kappa shape index (κ2) is 17.8. The lowest BCUT2D eigenvalue weighted by molar-refractivity contribution is 0.655. The molecule has 2 heterocycles. The second-order valence-electron chi connectivity index (χ2n) is 14.8. The minimum absolute atomic E-state index is 0.00717. The van der Waals surface area contributed by atoms with Gasteiger partial charge in [0.2, 0.25) is 0 Å². The third kappa shape index (κ3) is 7.51. The summed E-state index contributed by atoms with van der Waals surface area (Å²) in [5.74, 6) is -2.23. The van der Waals surface area contributed by atoms with Crippen molar-refractivity contribution in [2.45, 2.75) is 0 Å². The van der Waals surface area contributed by atoms with E-state index in [1.54, 1.807) is 0 Å². The van der Waals surface area contributed by atoms with Crippen molar-refractivity contribution < 1.29 is 8.78 Å². The van der Waals surface area contributed by atoms with E-state index in [1.807, 2.05) is 60.7 Å². The van der Waals surface area contributed by atoms with Crippen molar-refractivity contribution >= 4 is 22.3 Å². The van der Waals surface area contributed by atoms with Crippen LogP contribution >= 0.6 is 0 Å². The zero-order valence-electron chi connectivity index (χ0n) is 34.5. The molecule has 0 atom stereocenters. The highest BCUT2D eigenvalue weighted by molar-refractivity contribution is 6.14. The van der Waals surface area contributed by atoms with Crippen LogP contribution in [0.25, 0.3) is 22.3 Å². The predicted octanol–water partition coefficient (Wildman–Crippen LogP) is 9.58. The van der Waals surface area contributed by atoms with Crippen LogP contribution in [0, 0.1) is 113 Å². The first kappa shape index (κ1) is 43.3. The molecule has 0 saturated heterocycles. The van der Waals surface area contributed by atoms with Gasteiger partial charge in [-0.2, -0.15) is 52.6 Å². The molecule has 0 fully saturated rings. The Bertz CT molecular complexity index is 3400. The summed E-state index contributed by atoms with van der Waals surface area (Å²) >= 11 is 0. The van der Waals surface area contributed by atoms with Gasteiger partial charge in [0.1, 0.15) is 35.2 Å². The van der Waals surface area contributed by atoms with Crippen molar-refractivity contribution in [3.05, 3.63) is 233 Å². The maximum Gasteiger partial charge on any atom is 0.141 e. The van der Waals surface area contributed by atoms with Crippen LogP contribution in [0.2, 0.25) is 0 Å². The van der Waals surface area contributed by atoms with Gasteiger partial charge < -0.3 is 0 Å². The lowest BCUT2D eigenvalue weighted by Gasteiger charge is -2.21. The molecule has 0 spiro atoms. The standard InChI is InChI=1S/C54H18F2N12/c55-53-47(37-1-3-67-43(17-37)27-65)49(45(39-9-29(19-57)5-30(10-39)20-58)40-11-31(21-59)6-32(12-40)22-60)51-52(53)50(48(54(51)56)38-2-4-68-44(18-38)28-66)46(41-13-33(23-61)7-34(14-41)24-62)42-15-35(25-63)8-36(16-42)26-64/h1-18H. The van der Waals surface area contributed by atoms with E-state index in [-0.39, 0.29) is 123 Å². The van der Waals surface area contributed by atoms with E-state index in [1.165, 1.54) is 109 Å². The molecule has 8 rings (SSSR count). The smallest absolute Gasteiger partial charge is 0.141 e. The van der Waals surface area contributed by atoms with Crippen LogP contribution in [-0.4, -0.2) is 9.97 Å². The number of allylic oxidation sites excluding steroid dienone is 8. The Labute approximate surface area is 385 Å². The summed E-state index contributed by atoms with van der Waals surface area (Å²) in [6, 6.07) is 41.3. The molecule has 0 unspecified atom stereocenters. The van der Waals surface area contributed by atoms with Crippen molar-refractivity contribution in [2.75, 3.05) is 0 Å². The van der Waals surface area contributed by atoms with Crippen LogP contribution in [0.3, 0.4) is 0 Å².